The van der Waals surface area contributed by atoms with Crippen LogP contribution in [0.4, 0.5) is 14.5 Å². The number of piperazine rings is 1. The smallest absolute Gasteiger partial charge is 0.123 e. The van der Waals surface area contributed by atoms with Crippen LogP contribution in [0.15, 0.2) is 42.5 Å². The highest BCUT2D eigenvalue weighted by Crippen LogP contribution is 2.34. The molecule has 0 saturated carbocycles. The van der Waals surface area contributed by atoms with Crippen LogP contribution in [-0.4, -0.2) is 31.1 Å². The Bertz CT molecular complexity index is 690. The minimum atomic E-state index is -0.215. The van der Waals surface area contributed by atoms with Crippen LogP contribution in [0.2, 0.25) is 0 Å². The highest BCUT2D eigenvalue weighted by atomic mass is 35.5. The summed E-state index contributed by atoms with van der Waals surface area (Å²) in [5, 5.41) is 0. The molecule has 0 aromatic heterocycles. The summed E-state index contributed by atoms with van der Waals surface area (Å²) in [5.41, 5.74) is 3.39. The van der Waals surface area contributed by atoms with Gasteiger partial charge in [-0.15, -0.1) is 12.4 Å². The third-order valence-corrected chi connectivity index (χ3v) is 4.82. The molecule has 5 heteroatoms. The predicted octanol–water partition coefficient (Wildman–Crippen LogP) is 3.81. The zero-order chi connectivity index (χ0) is 15.1. The topological polar surface area (TPSA) is 6.48 Å². The van der Waals surface area contributed by atoms with Gasteiger partial charge in [-0.05, 0) is 53.9 Å². The van der Waals surface area contributed by atoms with Gasteiger partial charge in [-0.25, -0.2) is 8.78 Å². The number of nitrogens with zero attached hydrogens (tertiary/aromatic N) is 2. The van der Waals surface area contributed by atoms with Crippen LogP contribution in [0.3, 0.4) is 0 Å². The van der Waals surface area contributed by atoms with E-state index in [9.17, 15) is 8.78 Å². The van der Waals surface area contributed by atoms with Gasteiger partial charge in [0.05, 0.1) is 6.04 Å². The number of hydrogen-bond donors (Lipinski definition) is 0. The number of benzene rings is 2. The molecule has 2 nitrogen and oxygen atoms in total. The van der Waals surface area contributed by atoms with Crippen molar-refractivity contribution in [3.63, 3.8) is 0 Å². The largest absolute Gasteiger partial charge is 0.368 e. The van der Waals surface area contributed by atoms with Gasteiger partial charge >= 0.3 is 0 Å². The van der Waals surface area contributed by atoms with Crippen LogP contribution in [0, 0.1) is 11.6 Å². The minimum absolute atomic E-state index is 0. The maximum atomic E-state index is 13.6. The van der Waals surface area contributed by atoms with E-state index < -0.39 is 0 Å². The summed E-state index contributed by atoms with van der Waals surface area (Å²) >= 11 is 0. The first-order valence-corrected chi connectivity index (χ1v) is 7.73. The standard InChI is InChI=1S/C18H18F2N2.ClH/c19-14-3-5-16(6-4-14)22-10-9-21-8-7-13-1-2-15(20)11-17(13)18(21)12-22;/h1-6,11,18H,7-10,12H2;1H. The third-order valence-electron chi connectivity index (χ3n) is 4.82. The molecule has 0 bridgehead atoms. The lowest BCUT2D eigenvalue weighted by Crippen LogP contribution is -2.51. The fraction of sp³-hybridized carbons (Fsp3) is 0.333. The van der Waals surface area contributed by atoms with Crippen molar-refractivity contribution in [1.29, 1.82) is 0 Å². The van der Waals surface area contributed by atoms with Gasteiger partial charge in [-0.1, -0.05) is 6.07 Å². The summed E-state index contributed by atoms with van der Waals surface area (Å²) in [7, 11) is 0. The molecule has 0 aliphatic carbocycles. The fourth-order valence-corrected chi connectivity index (χ4v) is 3.64. The van der Waals surface area contributed by atoms with Crippen LogP contribution in [0.25, 0.3) is 0 Å². The van der Waals surface area contributed by atoms with Crippen molar-refractivity contribution < 1.29 is 8.78 Å². The summed E-state index contributed by atoms with van der Waals surface area (Å²) in [6.45, 7) is 3.73. The quantitative estimate of drug-likeness (QED) is 0.781. The summed E-state index contributed by atoms with van der Waals surface area (Å²) in [6.07, 6.45) is 0.989. The minimum Gasteiger partial charge on any atom is -0.368 e. The monoisotopic (exact) mass is 336 g/mol. The second kappa shape index (κ2) is 6.46. The molecular weight excluding hydrogens is 318 g/mol. The molecule has 1 unspecified atom stereocenters. The van der Waals surface area contributed by atoms with Gasteiger partial charge in [0, 0.05) is 31.9 Å². The summed E-state index contributed by atoms with van der Waals surface area (Å²) in [5.74, 6) is -0.382. The normalized spacial score (nSPS) is 20.4. The molecule has 0 spiro atoms. The second-order valence-electron chi connectivity index (χ2n) is 6.07. The molecule has 2 aromatic carbocycles. The SMILES string of the molecule is Cl.Fc1ccc(N2CCN3CCc4ccc(F)cc4C3C2)cc1. The first-order chi connectivity index (χ1) is 10.7. The molecule has 1 saturated heterocycles. The Morgan fingerprint density at radius 2 is 1.61 bits per heavy atom. The molecule has 2 aliphatic heterocycles. The Kier molecular flexibility index (Phi) is 4.55. The van der Waals surface area contributed by atoms with E-state index in [1.165, 1.54) is 17.7 Å². The zero-order valence-electron chi connectivity index (χ0n) is 12.7. The molecule has 23 heavy (non-hydrogen) atoms. The predicted molar refractivity (Wildman–Crippen MR) is 90.3 cm³/mol. The lowest BCUT2D eigenvalue weighted by molar-refractivity contribution is 0.166. The van der Waals surface area contributed by atoms with E-state index in [1.807, 2.05) is 18.2 Å². The lowest BCUT2D eigenvalue weighted by atomic mass is 9.90. The van der Waals surface area contributed by atoms with Gasteiger partial charge in [-0.2, -0.15) is 0 Å². The molecule has 1 atom stereocenters. The molecule has 1 fully saturated rings. The van der Waals surface area contributed by atoms with E-state index in [2.05, 4.69) is 9.80 Å². The summed E-state index contributed by atoms with van der Waals surface area (Å²) in [6, 6.07) is 12.0. The van der Waals surface area contributed by atoms with E-state index >= 15 is 0 Å². The molecule has 2 aromatic rings. The van der Waals surface area contributed by atoms with Crippen LogP contribution in [0.5, 0.6) is 0 Å². The van der Waals surface area contributed by atoms with Gasteiger partial charge in [0.15, 0.2) is 0 Å². The number of anilines is 1. The summed E-state index contributed by atoms with van der Waals surface area (Å²) < 4.78 is 26.7. The molecule has 2 heterocycles. The Morgan fingerprint density at radius 3 is 2.39 bits per heavy atom. The van der Waals surface area contributed by atoms with Crippen LogP contribution >= 0.6 is 12.4 Å². The number of halogens is 3. The maximum absolute atomic E-state index is 13.6. The van der Waals surface area contributed by atoms with Crippen LogP contribution < -0.4 is 4.90 Å². The Hall–Kier alpha value is -1.65. The van der Waals surface area contributed by atoms with Crippen molar-refractivity contribution in [2.24, 2.45) is 0 Å². The van der Waals surface area contributed by atoms with Crippen LogP contribution in [0.1, 0.15) is 17.2 Å². The Balaban J connectivity index is 0.00000156. The van der Waals surface area contributed by atoms with E-state index in [1.54, 1.807) is 12.1 Å². The average Bonchev–Trinajstić information content (AvgIpc) is 2.55. The fourth-order valence-electron chi connectivity index (χ4n) is 3.64. The molecule has 4 rings (SSSR count). The first kappa shape index (κ1) is 16.2. The van der Waals surface area contributed by atoms with Gasteiger partial charge in [0.2, 0.25) is 0 Å². The van der Waals surface area contributed by atoms with Crippen molar-refractivity contribution >= 4 is 18.1 Å². The summed E-state index contributed by atoms with van der Waals surface area (Å²) in [4.78, 5) is 4.70. The molecule has 0 amide bonds. The average molecular weight is 337 g/mol. The molecular formula is C18H19ClF2N2. The van der Waals surface area contributed by atoms with E-state index in [4.69, 9.17) is 0 Å². The van der Waals surface area contributed by atoms with Gasteiger partial charge in [0.25, 0.3) is 0 Å². The highest BCUT2D eigenvalue weighted by Gasteiger charge is 2.32. The Morgan fingerprint density at radius 1 is 0.870 bits per heavy atom. The van der Waals surface area contributed by atoms with E-state index in [0.717, 1.165) is 43.9 Å². The first-order valence-electron chi connectivity index (χ1n) is 7.73. The van der Waals surface area contributed by atoms with Gasteiger partial charge in [-0.3, -0.25) is 4.90 Å². The van der Waals surface area contributed by atoms with Crippen molar-refractivity contribution in [2.75, 3.05) is 31.1 Å². The molecule has 0 N–H and O–H groups in total. The number of fused-ring (bicyclic) bond motifs is 3. The van der Waals surface area contributed by atoms with E-state index in [-0.39, 0.29) is 30.1 Å². The van der Waals surface area contributed by atoms with Crippen molar-refractivity contribution in [1.82, 2.24) is 4.90 Å². The number of hydrogen-bond acceptors (Lipinski definition) is 2. The highest BCUT2D eigenvalue weighted by molar-refractivity contribution is 5.85. The van der Waals surface area contributed by atoms with Crippen molar-refractivity contribution in [3.8, 4) is 0 Å². The molecule has 122 valence electrons. The maximum Gasteiger partial charge on any atom is 0.123 e. The zero-order valence-corrected chi connectivity index (χ0v) is 13.5. The van der Waals surface area contributed by atoms with Crippen molar-refractivity contribution in [3.05, 3.63) is 65.2 Å². The van der Waals surface area contributed by atoms with Gasteiger partial charge < -0.3 is 4.90 Å². The molecule has 0 radical (unpaired) electrons. The third kappa shape index (κ3) is 3.06. The molecule has 2 aliphatic rings. The van der Waals surface area contributed by atoms with Crippen LogP contribution in [-0.2, 0) is 6.42 Å². The second-order valence-corrected chi connectivity index (χ2v) is 6.07. The van der Waals surface area contributed by atoms with Gasteiger partial charge in [0.1, 0.15) is 11.6 Å². The van der Waals surface area contributed by atoms with Crippen molar-refractivity contribution in [2.45, 2.75) is 12.5 Å². The number of rotatable bonds is 1. The van der Waals surface area contributed by atoms with E-state index in [0.29, 0.717) is 0 Å². The Labute approximate surface area is 141 Å². The lowest BCUT2D eigenvalue weighted by Gasteiger charge is -2.45.